The molecular formula is C15H18FN5O2. The molecule has 0 aliphatic carbocycles. The molecule has 3 aliphatic rings. The monoisotopic (exact) mass is 319 g/mol. The molecule has 3 heterocycles. The number of carbonyl (C=O) groups is 1. The first kappa shape index (κ1) is 14.6. The minimum Gasteiger partial charge on any atom is -0.370 e. The van der Waals surface area contributed by atoms with Crippen molar-refractivity contribution >= 4 is 11.9 Å². The van der Waals surface area contributed by atoms with E-state index in [1.165, 1.54) is 12.1 Å². The maximum absolute atomic E-state index is 13.1. The Hall–Kier alpha value is -2.03. The number of hydrogen-bond acceptors (Lipinski definition) is 6. The van der Waals surface area contributed by atoms with Crippen molar-refractivity contribution in [3.05, 3.63) is 35.6 Å². The number of halogens is 1. The number of hydrogen-bond donors (Lipinski definition) is 3. The smallest absolute Gasteiger partial charge is 0.234 e. The van der Waals surface area contributed by atoms with Crippen molar-refractivity contribution in [1.82, 2.24) is 21.1 Å². The predicted octanol–water partition coefficient (Wildman–Crippen LogP) is -0.265. The lowest BCUT2D eigenvalue weighted by Gasteiger charge is -2.37. The second-order valence-corrected chi connectivity index (χ2v) is 5.88. The molecule has 3 aliphatic heterocycles. The van der Waals surface area contributed by atoms with E-state index < -0.39 is 0 Å². The zero-order valence-electron chi connectivity index (χ0n) is 12.5. The first-order valence-corrected chi connectivity index (χ1v) is 7.70. The third-order valence-corrected chi connectivity index (χ3v) is 4.39. The van der Waals surface area contributed by atoms with Gasteiger partial charge in [0.25, 0.3) is 0 Å². The molecule has 3 unspecified atom stereocenters. The van der Waals surface area contributed by atoms with Crippen molar-refractivity contribution in [2.45, 2.75) is 12.3 Å². The Morgan fingerprint density at radius 1 is 1.30 bits per heavy atom. The van der Waals surface area contributed by atoms with Gasteiger partial charge in [0.15, 0.2) is 0 Å². The average Bonchev–Trinajstić information content (AvgIpc) is 3.05. The van der Waals surface area contributed by atoms with E-state index in [-0.39, 0.29) is 29.9 Å². The third kappa shape index (κ3) is 2.80. The molecule has 2 fully saturated rings. The number of ether oxygens (including phenoxy) is 1. The van der Waals surface area contributed by atoms with Crippen LogP contribution in [0.25, 0.3) is 0 Å². The minimum atomic E-state index is -0.267. The highest BCUT2D eigenvalue weighted by molar-refractivity contribution is 6.00. The molecule has 0 saturated carbocycles. The molecule has 23 heavy (non-hydrogen) atoms. The van der Waals surface area contributed by atoms with Crippen LogP contribution in [-0.2, 0) is 9.53 Å². The van der Waals surface area contributed by atoms with Gasteiger partial charge in [-0.1, -0.05) is 12.1 Å². The molecule has 0 radical (unpaired) electrons. The summed E-state index contributed by atoms with van der Waals surface area (Å²) in [5, 5.41) is 2.88. The van der Waals surface area contributed by atoms with Crippen molar-refractivity contribution in [1.29, 1.82) is 0 Å². The van der Waals surface area contributed by atoms with Crippen molar-refractivity contribution in [2.24, 2.45) is 10.9 Å². The van der Waals surface area contributed by atoms with Crippen LogP contribution in [-0.4, -0.2) is 49.2 Å². The van der Waals surface area contributed by atoms with Gasteiger partial charge >= 0.3 is 0 Å². The summed E-state index contributed by atoms with van der Waals surface area (Å²) in [6, 6.07) is 6.30. The second kappa shape index (κ2) is 5.88. The Balaban J connectivity index is 1.51. The van der Waals surface area contributed by atoms with Crippen LogP contribution in [0, 0.1) is 11.7 Å². The number of nitrogens with zero attached hydrogens (tertiary/aromatic N) is 2. The number of aliphatic imine (C=N–C) groups is 1. The van der Waals surface area contributed by atoms with Crippen molar-refractivity contribution in [3.8, 4) is 0 Å². The van der Waals surface area contributed by atoms with E-state index in [9.17, 15) is 9.18 Å². The van der Waals surface area contributed by atoms with E-state index in [4.69, 9.17) is 4.74 Å². The molecule has 8 heteroatoms. The molecule has 3 atom stereocenters. The van der Waals surface area contributed by atoms with Crippen molar-refractivity contribution in [3.63, 3.8) is 0 Å². The van der Waals surface area contributed by atoms with Gasteiger partial charge in [0, 0.05) is 13.1 Å². The van der Waals surface area contributed by atoms with E-state index in [1.54, 1.807) is 12.1 Å². The average molecular weight is 319 g/mol. The van der Waals surface area contributed by atoms with E-state index in [1.807, 2.05) is 4.90 Å². The molecule has 7 nitrogen and oxygen atoms in total. The van der Waals surface area contributed by atoms with Gasteiger partial charge in [0.1, 0.15) is 18.1 Å². The number of nitrogens with one attached hydrogen (secondary N) is 3. The lowest BCUT2D eigenvalue weighted by atomic mass is 10.1. The Kier molecular flexibility index (Phi) is 3.72. The van der Waals surface area contributed by atoms with Crippen LogP contribution in [0.4, 0.5) is 4.39 Å². The van der Waals surface area contributed by atoms with Crippen LogP contribution in [0.5, 0.6) is 0 Å². The van der Waals surface area contributed by atoms with E-state index in [0.717, 1.165) is 5.56 Å². The van der Waals surface area contributed by atoms with Gasteiger partial charge in [0.2, 0.25) is 11.9 Å². The van der Waals surface area contributed by atoms with Gasteiger partial charge in [-0.2, -0.15) is 0 Å². The normalized spacial score (nSPS) is 30.7. The summed E-state index contributed by atoms with van der Waals surface area (Å²) in [4.78, 5) is 18.7. The fourth-order valence-corrected chi connectivity index (χ4v) is 3.09. The highest BCUT2D eigenvalue weighted by atomic mass is 19.1. The lowest BCUT2D eigenvalue weighted by Crippen LogP contribution is -2.56. The summed E-state index contributed by atoms with van der Waals surface area (Å²) in [5.74, 6) is 0.106. The van der Waals surface area contributed by atoms with E-state index >= 15 is 0 Å². The summed E-state index contributed by atoms with van der Waals surface area (Å²) in [7, 11) is 0. The number of morpholine rings is 1. The molecule has 1 amide bonds. The largest absolute Gasteiger partial charge is 0.370 e. The molecule has 0 bridgehead atoms. The number of fused-ring (bicyclic) bond motifs is 1. The van der Waals surface area contributed by atoms with E-state index in [2.05, 4.69) is 21.2 Å². The molecular weight excluding hydrogens is 301 g/mol. The van der Waals surface area contributed by atoms with Crippen LogP contribution >= 0.6 is 0 Å². The second-order valence-electron chi connectivity index (χ2n) is 5.88. The zero-order chi connectivity index (χ0) is 15.8. The van der Waals surface area contributed by atoms with Gasteiger partial charge in [0.05, 0.1) is 19.1 Å². The molecule has 0 spiro atoms. The molecule has 0 aromatic heterocycles. The number of hydrazine groups is 1. The maximum atomic E-state index is 13.1. The standard InChI is InChI=1S/C15H18FN5O2/c16-10-3-1-9(2-4-10)12-8-21(5-6-23-12)15-18-13-11(7-17-20-13)14(22)19-15/h1-4,11-13,17,20H,5-8H2,(H,18,19,22). The van der Waals surface area contributed by atoms with Gasteiger partial charge < -0.3 is 9.64 Å². The molecule has 4 rings (SSSR count). The quantitative estimate of drug-likeness (QED) is 0.664. The summed E-state index contributed by atoms with van der Waals surface area (Å²) in [6.45, 7) is 2.32. The van der Waals surface area contributed by atoms with E-state index in [0.29, 0.717) is 32.2 Å². The Morgan fingerprint density at radius 2 is 2.13 bits per heavy atom. The SMILES string of the molecule is O=C1NC(N2CCOC(c3ccc(F)cc3)C2)=NC2NNCC12. The van der Waals surface area contributed by atoms with Gasteiger partial charge in [-0.15, -0.1) is 0 Å². The summed E-state index contributed by atoms with van der Waals surface area (Å²) < 4.78 is 18.8. The van der Waals surface area contributed by atoms with Crippen LogP contribution in [0.3, 0.4) is 0 Å². The van der Waals surface area contributed by atoms with Crippen LogP contribution in [0.2, 0.25) is 0 Å². The number of guanidine groups is 1. The third-order valence-electron chi connectivity index (χ3n) is 4.39. The van der Waals surface area contributed by atoms with Gasteiger partial charge in [-0.25, -0.2) is 14.8 Å². The predicted molar refractivity (Wildman–Crippen MR) is 80.7 cm³/mol. The summed E-state index contributed by atoms with van der Waals surface area (Å²) >= 11 is 0. The highest BCUT2D eigenvalue weighted by Crippen LogP contribution is 2.23. The molecule has 1 aromatic carbocycles. The number of rotatable bonds is 1. The van der Waals surface area contributed by atoms with Crippen LogP contribution < -0.4 is 16.2 Å². The Labute approximate surface area is 132 Å². The van der Waals surface area contributed by atoms with Crippen molar-refractivity contribution < 1.29 is 13.9 Å². The fourth-order valence-electron chi connectivity index (χ4n) is 3.09. The lowest BCUT2D eigenvalue weighted by molar-refractivity contribution is -0.124. The Morgan fingerprint density at radius 3 is 2.96 bits per heavy atom. The van der Waals surface area contributed by atoms with Gasteiger partial charge in [-0.05, 0) is 17.7 Å². The molecule has 122 valence electrons. The fraction of sp³-hybridized carbons (Fsp3) is 0.467. The van der Waals surface area contributed by atoms with Crippen LogP contribution in [0.1, 0.15) is 11.7 Å². The highest BCUT2D eigenvalue weighted by Gasteiger charge is 2.38. The first-order chi connectivity index (χ1) is 11.2. The number of amides is 1. The van der Waals surface area contributed by atoms with Gasteiger partial charge in [-0.3, -0.25) is 15.5 Å². The number of carbonyl (C=O) groups excluding carboxylic acids is 1. The molecule has 2 saturated heterocycles. The first-order valence-electron chi connectivity index (χ1n) is 7.70. The molecule has 1 aromatic rings. The zero-order valence-corrected chi connectivity index (χ0v) is 12.5. The minimum absolute atomic E-state index is 0.0256. The topological polar surface area (TPSA) is 78.0 Å². The summed E-state index contributed by atoms with van der Waals surface area (Å²) in [6.07, 6.45) is -0.401. The Bertz CT molecular complexity index is 635. The van der Waals surface area contributed by atoms with Crippen molar-refractivity contribution in [2.75, 3.05) is 26.2 Å². The van der Waals surface area contributed by atoms with Crippen LogP contribution in [0.15, 0.2) is 29.3 Å². The maximum Gasteiger partial charge on any atom is 0.234 e. The summed E-state index contributed by atoms with van der Waals surface area (Å²) in [5.41, 5.74) is 6.88. The molecule has 3 N–H and O–H groups in total. The number of benzene rings is 1.